The van der Waals surface area contributed by atoms with Crippen molar-refractivity contribution < 1.29 is 91.9 Å². The van der Waals surface area contributed by atoms with Gasteiger partial charge in [-0.15, -0.1) is 47.2 Å². The number of aromatic nitrogens is 4. The fraction of sp³-hybridized carbons (Fsp3) is 0.271. The Morgan fingerprint density at radius 1 is 0.578 bits per heavy atom. The molecule has 10 aromatic rings. The molecule has 1 amide bonds. The van der Waals surface area contributed by atoms with E-state index in [1.165, 1.54) is 26.2 Å². The fourth-order valence-corrected chi connectivity index (χ4v) is 12.2. The van der Waals surface area contributed by atoms with E-state index in [9.17, 15) is 48.9 Å². The molecule has 14 rings (SSSR count). The number of alkyl halides is 3. The van der Waals surface area contributed by atoms with E-state index in [0.717, 1.165) is 77.1 Å². The minimum absolute atomic E-state index is 0. The van der Waals surface area contributed by atoms with Crippen LogP contribution in [0.3, 0.4) is 0 Å². The van der Waals surface area contributed by atoms with Crippen molar-refractivity contribution in [2.75, 3.05) is 52.6 Å². The Balaban J connectivity index is 0.000000175. The van der Waals surface area contributed by atoms with E-state index in [-0.39, 0.29) is 93.2 Å². The van der Waals surface area contributed by atoms with Crippen LogP contribution in [0.15, 0.2) is 122 Å². The number of nitrogens with one attached hydrogen (secondary N) is 5. The van der Waals surface area contributed by atoms with Crippen LogP contribution in [-0.4, -0.2) is 163 Å². The molecular formula is C70H71Cl5N8O19. The van der Waals surface area contributed by atoms with Crippen LogP contribution in [0.1, 0.15) is 64.3 Å². The normalized spacial score (nSPS) is 16.2. The number of phenolic OH excluding ortho intramolecular Hbond substituents is 3. The van der Waals surface area contributed by atoms with Crippen LogP contribution in [0, 0.1) is 0 Å². The monoisotopic (exact) mass is 1500 g/mol. The first-order valence-electron chi connectivity index (χ1n) is 30.5. The number of benzene rings is 6. The van der Waals surface area contributed by atoms with Crippen molar-refractivity contribution in [2.45, 2.75) is 69.4 Å². The van der Waals surface area contributed by atoms with Gasteiger partial charge in [0.05, 0.1) is 39.3 Å². The summed E-state index contributed by atoms with van der Waals surface area (Å²) < 4.78 is 41.7. The lowest BCUT2D eigenvalue weighted by atomic mass is 9.87. The van der Waals surface area contributed by atoms with E-state index in [0.29, 0.717) is 52.8 Å². The van der Waals surface area contributed by atoms with Crippen molar-refractivity contribution in [3.05, 3.63) is 166 Å². The summed E-state index contributed by atoms with van der Waals surface area (Å²) in [6, 6.07) is 27.4. The SMILES string of the molecule is C.COC(=O)C(N)Cc1c[nH]c2ccc(O)cc12.COC(=O)[C@H]1Cc2c([nH]c3ccc(O)cc23)[C@@H](c2ccc3c(c2)OCO3)N1.COC(=O)[C@H]1Cc2c([nH]c3ccc(OC(=O)CCl)cc23)[C@@H](c2ccc3c(c2)OCO3)N1C(=O)CCl.Cl.NC(Cc1c[nH]c2ccc(O)cc12)C(=O)O.O=C(Cl)CCl. The van der Waals surface area contributed by atoms with Crippen LogP contribution in [0.5, 0.6) is 46.0 Å². The molecule has 102 heavy (non-hydrogen) atoms. The Morgan fingerprint density at radius 3 is 1.60 bits per heavy atom. The molecule has 0 radical (unpaired) electrons. The number of hydrogen-bond acceptors (Lipinski definition) is 21. The number of carbonyl (C=O) groups excluding carboxylic acids is 6. The number of halogens is 5. The Labute approximate surface area is 607 Å². The summed E-state index contributed by atoms with van der Waals surface area (Å²) in [6.07, 6.45) is 4.76. The average Bonchev–Trinajstić information content (AvgIpc) is 1.53. The molecule has 32 heteroatoms. The fourth-order valence-electron chi connectivity index (χ4n) is 12.1. The molecule has 13 N–H and O–H groups in total. The van der Waals surface area contributed by atoms with Gasteiger partial charge >= 0.3 is 29.8 Å². The van der Waals surface area contributed by atoms with Crippen molar-refractivity contribution in [2.24, 2.45) is 11.5 Å². The number of esters is 4. The number of aliphatic carboxylic acids is 1. The molecule has 6 atom stereocenters. The summed E-state index contributed by atoms with van der Waals surface area (Å²) in [5, 5.41) is 43.6. The summed E-state index contributed by atoms with van der Waals surface area (Å²) in [7, 11) is 3.97. The second-order valence-electron chi connectivity index (χ2n) is 22.8. The summed E-state index contributed by atoms with van der Waals surface area (Å²) in [5.74, 6) is -0.705. The zero-order chi connectivity index (χ0) is 71.6. The van der Waals surface area contributed by atoms with E-state index in [1.807, 2.05) is 30.3 Å². The summed E-state index contributed by atoms with van der Waals surface area (Å²) in [5.41, 5.74) is 21.4. The van der Waals surface area contributed by atoms with Crippen molar-refractivity contribution in [3.8, 4) is 46.0 Å². The van der Waals surface area contributed by atoms with Gasteiger partial charge in [0.25, 0.3) is 0 Å². The minimum atomic E-state index is -1.03. The third-order valence-corrected chi connectivity index (χ3v) is 17.6. The average molecular weight is 1510 g/mol. The molecule has 6 aromatic carbocycles. The molecule has 4 aliphatic rings. The molecule has 27 nitrogen and oxygen atoms in total. The van der Waals surface area contributed by atoms with E-state index in [1.54, 1.807) is 91.3 Å². The molecule has 0 saturated heterocycles. The third-order valence-electron chi connectivity index (χ3n) is 16.6. The number of carboxylic acid groups (broad SMARTS) is 1. The van der Waals surface area contributed by atoms with Crippen LogP contribution < -0.4 is 40.5 Å². The number of H-pyrrole nitrogens is 4. The van der Waals surface area contributed by atoms with Gasteiger partial charge in [-0.1, -0.05) is 19.6 Å². The van der Waals surface area contributed by atoms with Crippen LogP contribution in [-0.2, 0) is 73.5 Å². The lowest BCUT2D eigenvalue weighted by Crippen LogP contribution is -2.52. The zero-order valence-corrected chi connectivity index (χ0v) is 57.6. The smallest absolute Gasteiger partial charge is 0.328 e. The van der Waals surface area contributed by atoms with Crippen molar-refractivity contribution >= 4 is 143 Å². The van der Waals surface area contributed by atoms with Crippen LogP contribution in [0.25, 0.3) is 43.6 Å². The summed E-state index contributed by atoms with van der Waals surface area (Å²) in [4.78, 5) is 95.6. The highest BCUT2D eigenvalue weighted by atomic mass is 35.5. The number of nitrogens with zero attached hydrogens (tertiary/aromatic N) is 1. The molecule has 4 aliphatic heterocycles. The van der Waals surface area contributed by atoms with Crippen molar-refractivity contribution in [1.82, 2.24) is 30.2 Å². The van der Waals surface area contributed by atoms with Gasteiger partial charge in [0, 0.05) is 93.1 Å². The number of nitrogens with two attached hydrogens (primary N) is 2. The third kappa shape index (κ3) is 17.4. The predicted molar refractivity (Wildman–Crippen MR) is 382 cm³/mol. The number of phenols is 3. The number of amides is 1. The van der Waals surface area contributed by atoms with Gasteiger partial charge in [-0.05, 0) is 142 Å². The number of fused-ring (bicyclic) bond motifs is 10. The van der Waals surface area contributed by atoms with E-state index in [4.69, 9.17) is 96.1 Å². The minimum Gasteiger partial charge on any atom is -0.508 e. The molecular weight excluding hydrogens is 1430 g/mol. The van der Waals surface area contributed by atoms with Gasteiger partial charge in [0.2, 0.25) is 24.7 Å². The lowest BCUT2D eigenvalue weighted by molar-refractivity contribution is -0.154. The molecule has 0 saturated carbocycles. The maximum Gasteiger partial charge on any atom is 0.328 e. The van der Waals surface area contributed by atoms with Crippen LogP contribution in [0.4, 0.5) is 0 Å². The predicted octanol–water partition coefficient (Wildman–Crippen LogP) is 9.47. The maximum absolute atomic E-state index is 13.1. The number of methoxy groups -OCH3 is 3. The number of hydrogen-bond donors (Lipinski definition) is 11. The molecule has 0 spiro atoms. The molecule has 2 unspecified atom stereocenters. The van der Waals surface area contributed by atoms with Gasteiger partial charge in [-0.2, -0.15) is 0 Å². The molecule has 8 heterocycles. The Hall–Kier alpha value is -10.1. The zero-order valence-electron chi connectivity index (χ0n) is 53.8. The van der Waals surface area contributed by atoms with Gasteiger partial charge in [0.1, 0.15) is 58.9 Å². The Morgan fingerprint density at radius 2 is 1.07 bits per heavy atom. The van der Waals surface area contributed by atoms with Crippen LogP contribution in [0.2, 0.25) is 0 Å². The Bertz CT molecular complexity index is 4730. The van der Waals surface area contributed by atoms with Gasteiger partial charge in [0.15, 0.2) is 23.0 Å². The molecule has 0 fully saturated rings. The van der Waals surface area contributed by atoms with E-state index < -0.39 is 65.2 Å². The first kappa shape index (κ1) is 77.6. The number of ether oxygens (including phenoxy) is 8. The molecule has 0 bridgehead atoms. The highest BCUT2D eigenvalue weighted by molar-refractivity contribution is 6.67. The summed E-state index contributed by atoms with van der Waals surface area (Å²) in [6.45, 7) is 0.304. The standard InChI is InChI=1S/C24H20Cl2N2O7.C20H18N2O5.C12H14N2O3.C11H12N2O3.C2H2Cl2O.CH4.ClH/c1-32-24(31)17-8-15-14-7-13(35-21(30)10-26)3-4-16(14)27-22(15)23(28(17)20(29)9-25)12-2-5-18-19(6-12)34-11-33-18;1-25-20(24)15-8-13-12-7-11(23)3-4-14(12)21-19(13)18(22-15)10-2-5-16-17(6-10)27-9-26-16;1-17-12(16)10(13)4-7-6-14-11-3-2-8(15)5-9(7)11;12-9(11(15)16)3-6-5-13-10-2-1-7(14)4-8(6)10;3-1-2(4)5;;/h2-7,17,23,27H,8-11H2,1H3;2-7,15,18,21-23H,8-9H2,1H3;2-3,5-6,10,14-15H,4,13H2,1H3;1-2,4-5,9,13-14H,3,12H2,(H,15,16);1H2;1H4;1H/t17-,23-;15-,18-;;;;;/m11...../s1. The first-order chi connectivity index (χ1) is 48.0. The summed E-state index contributed by atoms with van der Waals surface area (Å²) >= 11 is 21.1. The molecule has 540 valence electrons. The second-order valence-corrected chi connectivity index (χ2v) is 24.0. The highest BCUT2D eigenvalue weighted by Gasteiger charge is 2.44. The van der Waals surface area contributed by atoms with E-state index in [2.05, 4.69) is 30.0 Å². The topological polar surface area (TPSA) is 405 Å². The van der Waals surface area contributed by atoms with Crippen molar-refractivity contribution in [1.29, 1.82) is 0 Å². The number of rotatable bonds is 14. The quantitative estimate of drug-likeness (QED) is 0.0159. The van der Waals surface area contributed by atoms with E-state index >= 15 is 0 Å². The molecule has 4 aromatic heterocycles. The largest absolute Gasteiger partial charge is 0.508 e. The van der Waals surface area contributed by atoms with Gasteiger partial charge < -0.3 is 94.6 Å². The first-order valence-corrected chi connectivity index (χ1v) is 32.5. The number of aromatic amines is 4. The van der Waals surface area contributed by atoms with Crippen molar-refractivity contribution in [3.63, 3.8) is 0 Å². The van der Waals surface area contributed by atoms with Gasteiger partial charge in [-0.3, -0.25) is 34.1 Å². The molecule has 0 aliphatic carbocycles. The highest BCUT2D eigenvalue weighted by Crippen LogP contribution is 2.46. The number of carbonyl (C=O) groups is 7. The lowest BCUT2D eigenvalue weighted by Gasteiger charge is -2.40. The Kier molecular flexibility index (Phi) is 26.3. The second kappa shape index (κ2) is 34.5. The number of carboxylic acids is 1. The van der Waals surface area contributed by atoms with Gasteiger partial charge in [-0.25, -0.2) is 4.79 Å². The number of aromatic hydroxyl groups is 3. The van der Waals surface area contributed by atoms with Crippen LogP contribution >= 0.6 is 58.8 Å². The maximum atomic E-state index is 13.1.